The number of aliphatic carboxylic acids is 1. The number of alkyl halides is 3. The number of carbonyl (C=O) groups is 1. The van der Waals surface area contributed by atoms with Crippen molar-refractivity contribution in [2.45, 2.75) is 19.1 Å². The van der Waals surface area contributed by atoms with E-state index in [4.69, 9.17) is 5.11 Å². The van der Waals surface area contributed by atoms with Crippen LogP contribution in [-0.2, 0) is 11.0 Å². The van der Waals surface area contributed by atoms with E-state index < -0.39 is 23.8 Å². The maximum Gasteiger partial charge on any atom is 0.416 e. The third-order valence-electron chi connectivity index (χ3n) is 1.90. The summed E-state index contributed by atoms with van der Waals surface area (Å²) < 4.78 is 36.6. The summed E-state index contributed by atoms with van der Waals surface area (Å²) in [5.41, 5.74) is -0.617. The lowest BCUT2D eigenvalue weighted by molar-refractivity contribution is -0.138. The van der Waals surface area contributed by atoms with Gasteiger partial charge in [0.2, 0.25) is 0 Å². The number of hydrogen-bond donors (Lipinski definition) is 1. The van der Waals surface area contributed by atoms with E-state index in [9.17, 15) is 18.0 Å². The van der Waals surface area contributed by atoms with Crippen LogP contribution in [0.2, 0.25) is 0 Å². The Balaban J connectivity index is 2.79. The Morgan fingerprint density at radius 2 is 1.82 bits per heavy atom. The lowest BCUT2D eigenvalue weighted by Gasteiger charge is -2.05. The lowest BCUT2D eigenvalue weighted by atomic mass is 10.2. The zero-order chi connectivity index (χ0) is 13.1. The van der Waals surface area contributed by atoms with Gasteiger partial charge in [-0.25, -0.2) is 4.79 Å². The highest BCUT2D eigenvalue weighted by Gasteiger charge is 2.29. The van der Waals surface area contributed by atoms with Gasteiger partial charge in [0, 0.05) is 0 Å². The van der Waals surface area contributed by atoms with Gasteiger partial charge in [0.05, 0.1) is 11.3 Å². The molecule has 1 atom stereocenters. The van der Waals surface area contributed by atoms with Gasteiger partial charge in [0.15, 0.2) is 6.04 Å². The number of hydrogen-bond acceptors (Lipinski definition) is 3. The molecule has 0 saturated carbocycles. The average Bonchev–Trinajstić information content (AvgIpc) is 2.25. The monoisotopic (exact) mass is 246 g/mol. The summed E-state index contributed by atoms with van der Waals surface area (Å²) in [6.07, 6.45) is -4.40. The lowest BCUT2D eigenvalue weighted by Crippen LogP contribution is -2.11. The highest BCUT2D eigenvalue weighted by atomic mass is 19.4. The predicted octanol–water partition coefficient (Wildman–Crippen LogP) is 3.26. The van der Waals surface area contributed by atoms with Crippen LogP contribution in [0.1, 0.15) is 12.5 Å². The molecule has 0 aliphatic carbocycles. The summed E-state index contributed by atoms with van der Waals surface area (Å²) in [5, 5.41) is 15.5. The zero-order valence-corrected chi connectivity index (χ0v) is 8.77. The molecule has 0 fully saturated rings. The van der Waals surface area contributed by atoms with Gasteiger partial charge >= 0.3 is 12.1 Å². The zero-order valence-electron chi connectivity index (χ0n) is 8.77. The molecule has 0 heterocycles. The summed E-state index contributed by atoms with van der Waals surface area (Å²) >= 11 is 0. The first kappa shape index (κ1) is 13.1. The minimum absolute atomic E-state index is 0.172. The molecule has 0 aliphatic rings. The Morgan fingerprint density at radius 3 is 2.24 bits per heavy atom. The standard InChI is InChI=1S/C10H9F3N2O2/c1-6(9(16)17)14-15-8-4-2-7(3-5-8)10(11,12)13/h2-6H,1H3,(H,16,17). The summed E-state index contributed by atoms with van der Waals surface area (Å²) in [5.74, 6) is -1.15. The molecule has 1 aromatic carbocycles. The maximum atomic E-state index is 12.2. The Kier molecular flexibility index (Phi) is 3.82. The van der Waals surface area contributed by atoms with Crippen LogP contribution in [0.3, 0.4) is 0 Å². The first-order valence-corrected chi connectivity index (χ1v) is 4.61. The normalized spacial score (nSPS) is 13.9. The molecule has 0 aromatic heterocycles. The van der Waals surface area contributed by atoms with E-state index in [1.54, 1.807) is 0 Å². The SMILES string of the molecule is CC(N=Nc1ccc(C(F)(F)F)cc1)C(=O)O. The van der Waals surface area contributed by atoms with Crippen LogP contribution >= 0.6 is 0 Å². The molecule has 1 unspecified atom stereocenters. The van der Waals surface area contributed by atoms with Crippen molar-refractivity contribution in [3.63, 3.8) is 0 Å². The molecule has 0 aliphatic heterocycles. The number of carboxylic acids is 1. The highest BCUT2D eigenvalue weighted by molar-refractivity contribution is 5.72. The van der Waals surface area contributed by atoms with E-state index in [0.29, 0.717) is 0 Å². The molecule has 1 rings (SSSR count). The predicted molar refractivity (Wildman–Crippen MR) is 53.1 cm³/mol. The number of nitrogens with zero attached hydrogens (tertiary/aromatic N) is 2. The van der Waals surface area contributed by atoms with Crippen molar-refractivity contribution in [3.05, 3.63) is 29.8 Å². The topological polar surface area (TPSA) is 62.0 Å². The van der Waals surface area contributed by atoms with Crippen LogP contribution in [0.5, 0.6) is 0 Å². The average molecular weight is 246 g/mol. The molecule has 0 bridgehead atoms. The third-order valence-corrected chi connectivity index (χ3v) is 1.90. The molecule has 0 radical (unpaired) electrons. The van der Waals surface area contributed by atoms with Crippen molar-refractivity contribution in [2.24, 2.45) is 10.2 Å². The maximum absolute atomic E-state index is 12.2. The van der Waals surface area contributed by atoms with Crippen molar-refractivity contribution in [3.8, 4) is 0 Å². The Labute approximate surface area is 94.8 Å². The second kappa shape index (κ2) is 4.94. The smallest absolute Gasteiger partial charge is 0.416 e. The van der Waals surface area contributed by atoms with Crippen molar-refractivity contribution in [1.82, 2.24) is 0 Å². The van der Waals surface area contributed by atoms with E-state index in [1.807, 2.05) is 0 Å². The molecule has 92 valence electrons. The van der Waals surface area contributed by atoms with E-state index in [0.717, 1.165) is 24.3 Å². The molecule has 0 spiro atoms. The van der Waals surface area contributed by atoms with Crippen LogP contribution in [0.4, 0.5) is 18.9 Å². The second-order valence-corrected chi connectivity index (χ2v) is 3.27. The van der Waals surface area contributed by atoms with Gasteiger partial charge in [-0.3, -0.25) is 0 Å². The quantitative estimate of drug-likeness (QED) is 0.832. The summed E-state index contributed by atoms with van der Waals surface area (Å²) in [7, 11) is 0. The largest absolute Gasteiger partial charge is 0.480 e. The Morgan fingerprint density at radius 1 is 1.29 bits per heavy atom. The molecule has 4 nitrogen and oxygen atoms in total. The van der Waals surface area contributed by atoms with Crippen molar-refractivity contribution < 1.29 is 23.1 Å². The van der Waals surface area contributed by atoms with Crippen molar-refractivity contribution in [2.75, 3.05) is 0 Å². The van der Waals surface area contributed by atoms with Gasteiger partial charge < -0.3 is 5.11 Å². The Bertz CT molecular complexity index is 426. The van der Waals surface area contributed by atoms with Crippen molar-refractivity contribution in [1.29, 1.82) is 0 Å². The minimum atomic E-state index is -4.40. The third kappa shape index (κ3) is 3.86. The first-order chi connectivity index (χ1) is 7.80. The van der Waals surface area contributed by atoms with Crippen LogP contribution < -0.4 is 0 Å². The highest BCUT2D eigenvalue weighted by Crippen LogP contribution is 2.30. The van der Waals surface area contributed by atoms with Gasteiger partial charge in [-0.05, 0) is 31.2 Å². The number of halogens is 3. The Hall–Kier alpha value is -1.92. The van der Waals surface area contributed by atoms with Crippen molar-refractivity contribution >= 4 is 11.7 Å². The second-order valence-electron chi connectivity index (χ2n) is 3.27. The molecule has 17 heavy (non-hydrogen) atoms. The number of rotatable bonds is 3. The molecule has 0 amide bonds. The first-order valence-electron chi connectivity index (χ1n) is 4.61. The number of carboxylic acid groups (broad SMARTS) is 1. The number of benzene rings is 1. The fraction of sp³-hybridized carbons (Fsp3) is 0.300. The van der Waals surface area contributed by atoms with E-state index >= 15 is 0 Å². The van der Waals surface area contributed by atoms with Crippen LogP contribution in [0.15, 0.2) is 34.5 Å². The molecule has 1 aromatic rings. The summed E-state index contributed by atoms with van der Waals surface area (Å²) in [6.45, 7) is 1.32. The van der Waals surface area contributed by atoms with Gasteiger partial charge in [-0.15, -0.1) is 0 Å². The molecule has 1 N–H and O–H groups in total. The molecule has 7 heteroatoms. The summed E-state index contributed by atoms with van der Waals surface area (Å²) in [6, 6.07) is 2.94. The molecule has 0 saturated heterocycles. The fourth-order valence-corrected chi connectivity index (χ4v) is 0.920. The van der Waals surface area contributed by atoms with Crippen LogP contribution in [-0.4, -0.2) is 17.1 Å². The molecular weight excluding hydrogens is 237 g/mol. The molecular formula is C10H9F3N2O2. The van der Waals surface area contributed by atoms with Crippen LogP contribution in [0, 0.1) is 0 Å². The fourth-order valence-electron chi connectivity index (χ4n) is 0.920. The van der Waals surface area contributed by atoms with Gasteiger partial charge in [-0.2, -0.15) is 23.4 Å². The number of azo groups is 1. The van der Waals surface area contributed by atoms with Gasteiger partial charge in [-0.1, -0.05) is 0 Å². The van der Waals surface area contributed by atoms with Gasteiger partial charge in [0.25, 0.3) is 0 Å². The minimum Gasteiger partial charge on any atom is -0.480 e. The van der Waals surface area contributed by atoms with Gasteiger partial charge in [0.1, 0.15) is 0 Å². The van der Waals surface area contributed by atoms with E-state index in [-0.39, 0.29) is 5.69 Å². The summed E-state index contributed by atoms with van der Waals surface area (Å²) in [4.78, 5) is 10.4. The van der Waals surface area contributed by atoms with Crippen LogP contribution in [0.25, 0.3) is 0 Å². The van der Waals surface area contributed by atoms with E-state index in [2.05, 4.69) is 10.2 Å². The van der Waals surface area contributed by atoms with E-state index in [1.165, 1.54) is 6.92 Å².